The van der Waals surface area contributed by atoms with E-state index < -0.39 is 0 Å². The van der Waals surface area contributed by atoms with Crippen molar-refractivity contribution in [2.45, 2.75) is 32.6 Å². The van der Waals surface area contributed by atoms with Crippen molar-refractivity contribution in [3.8, 4) is 0 Å². The summed E-state index contributed by atoms with van der Waals surface area (Å²) in [6, 6.07) is 10.3. The highest BCUT2D eigenvalue weighted by Crippen LogP contribution is 2.31. The summed E-state index contributed by atoms with van der Waals surface area (Å²) in [4.78, 5) is 18.7. The van der Waals surface area contributed by atoms with Gasteiger partial charge in [0.25, 0.3) is 0 Å². The molecule has 1 aromatic carbocycles. The quantitative estimate of drug-likeness (QED) is 0.864. The molecule has 3 nitrogen and oxygen atoms in total. The number of hydrogen-bond acceptors (Lipinski definition) is 2. The van der Waals surface area contributed by atoms with Gasteiger partial charge in [-0.3, -0.25) is 9.78 Å². The van der Waals surface area contributed by atoms with Crippen molar-refractivity contribution in [3.63, 3.8) is 0 Å². The van der Waals surface area contributed by atoms with E-state index in [0.717, 1.165) is 37.1 Å². The third-order valence-electron chi connectivity index (χ3n) is 4.07. The minimum absolute atomic E-state index is 0.217. The van der Waals surface area contributed by atoms with Crippen LogP contribution in [0.1, 0.15) is 29.5 Å². The fraction of sp³-hybridized carbons (Fsp3) is 0.333. The fourth-order valence-electron chi connectivity index (χ4n) is 3.03. The molecule has 0 saturated carbocycles. The van der Waals surface area contributed by atoms with Crippen molar-refractivity contribution in [1.82, 2.24) is 4.98 Å². The Morgan fingerprint density at radius 1 is 1.29 bits per heavy atom. The second-order valence-electron chi connectivity index (χ2n) is 5.59. The van der Waals surface area contributed by atoms with Crippen LogP contribution in [-0.4, -0.2) is 17.4 Å². The van der Waals surface area contributed by atoms with Crippen LogP contribution in [0.15, 0.2) is 42.7 Å². The molecule has 1 amide bonds. The van der Waals surface area contributed by atoms with Crippen molar-refractivity contribution in [3.05, 3.63) is 59.4 Å². The number of hydrogen-bond donors (Lipinski definition) is 0. The highest BCUT2D eigenvalue weighted by atomic mass is 16.2. The number of anilines is 1. The summed E-state index contributed by atoms with van der Waals surface area (Å²) in [6.45, 7) is 2.93. The van der Waals surface area contributed by atoms with Gasteiger partial charge in [-0.1, -0.05) is 24.3 Å². The van der Waals surface area contributed by atoms with E-state index in [1.54, 1.807) is 6.20 Å². The predicted molar refractivity (Wildman–Crippen MR) is 84.4 cm³/mol. The lowest BCUT2D eigenvalue weighted by atomic mass is 9.97. The van der Waals surface area contributed by atoms with Crippen LogP contribution in [0, 0.1) is 6.92 Å². The standard InChI is InChI=1S/C18H20N2O/c1-14-5-2-7-16-8-4-12-20(18(14)16)17(21)10-9-15-6-3-11-19-13-15/h2-3,5-7,11,13H,4,8-10,12H2,1H3. The van der Waals surface area contributed by atoms with E-state index in [4.69, 9.17) is 0 Å². The zero-order chi connectivity index (χ0) is 14.7. The number of para-hydroxylation sites is 1. The van der Waals surface area contributed by atoms with Gasteiger partial charge < -0.3 is 4.90 Å². The Labute approximate surface area is 125 Å². The molecule has 3 heteroatoms. The lowest BCUT2D eigenvalue weighted by Gasteiger charge is -2.31. The monoisotopic (exact) mass is 280 g/mol. The minimum atomic E-state index is 0.217. The van der Waals surface area contributed by atoms with E-state index in [1.807, 2.05) is 23.2 Å². The Balaban J connectivity index is 1.75. The molecule has 0 bridgehead atoms. The van der Waals surface area contributed by atoms with Gasteiger partial charge >= 0.3 is 0 Å². The molecule has 1 aliphatic rings. The van der Waals surface area contributed by atoms with Crippen LogP contribution in [0.2, 0.25) is 0 Å². The van der Waals surface area contributed by atoms with Gasteiger partial charge in [0.1, 0.15) is 0 Å². The number of amides is 1. The molecule has 0 N–H and O–H groups in total. The zero-order valence-electron chi connectivity index (χ0n) is 12.4. The van der Waals surface area contributed by atoms with Crippen LogP contribution >= 0.6 is 0 Å². The van der Waals surface area contributed by atoms with Crippen LogP contribution in [0.25, 0.3) is 0 Å². The van der Waals surface area contributed by atoms with Gasteiger partial charge in [0.2, 0.25) is 5.91 Å². The van der Waals surface area contributed by atoms with E-state index in [0.29, 0.717) is 6.42 Å². The number of carbonyl (C=O) groups excluding carboxylic acids is 1. The van der Waals surface area contributed by atoms with Gasteiger partial charge in [0, 0.05) is 31.0 Å². The SMILES string of the molecule is Cc1cccc2c1N(C(=O)CCc1cccnc1)CCC2. The Hall–Kier alpha value is -2.16. The summed E-state index contributed by atoms with van der Waals surface area (Å²) >= 11 is 0. The Bertz CT molecular complexity index is 637. The first-order chi connectivity index (χ1) is 10.3. The molecule has 1 aliphatic heterocycles. The Kier molecular flexibility index (Phi) is 4.00. The van der Waals surface area contributed by atoms with Crippen LogP contribution in [-0.2, 0) is 17.6 Å². The van der Waals surface area contributed by atoms with Crippen molar-refractivity contribution < 1.29 is 4.79 Å². The molecule has 21 heavy (non-hydrogen) atoms. The number of aromatic nitrogens is 1. The van der Waals surface area contributed by atoms with E-state index in [-0.39, 0.29) is 5.91 Å². The second kappa shape index (κ2) is 6.08. The van der Waals surface area contributed by atoms with Crippen LogP contribution in [0.4, 0.5) is 5.69 Å². The molecule has 0 spiro atoms. The minimum Gasteiger partial charge on any atom is -0.312 e. The van der Waals surface area contributed by atoms with Crippen molar-refractivity contribution in [2.24, 2.45) is 0 Å². The molecule has 2 heterocycles. The first kappa shape index (κ1) is 13.8. The van der Waals surface area contributed by atoms with E-state index in [1.165, 1.54) is 11.1 Å². The number of fused-ring (bicyclic) bond motifs is 1. The van der Waals surface area contributed by atoms with E-state index >= 15 is 0 Å². The normalized spacial score (nSPS) is 13.9. The smallest absolute Gasteiger partial charge is 0.227 e. The summed E-state index contributed by atoms with van der Waals surface area (Å²) in [5, 5.41) is 0. The topological polar surface area (TPSA) is 33.2 Å². The molecule has 3 rings (SSSR count). The average molecular weight is 280 g/mol. The third kappa shape index (κ3) is 2.97. The summed E-state index contributed by atoms with van der Waals surface area (Å²) < 4.78 is 0. The summed E-state index contributed by atoms with van der Waals surface area (Å²) in [5.41, 5.74) is 4.76. The maximum Gasteiger partial charge on any atom is 0.227 e. The maximum atomic E-state index is 12.6. The van der Waals surface area contributed by atoms with Crippen LogP contribution in [0.5, 0.6) is 0 Å². The predicted octanol–water partition coefficient (Wildman–Crippen LogP) is 3.30. The van der Waals surface area contributed by atoms with Gasteiger partial charge in [-0.15, -0.1) is 0 Å². The van der Waals surface area contributed by atoms with Gasteiger partial charge in [-0.2, -0.15) is 0 Å². The molecule has 108 valence electrons. The number of benzene rings is 1. The molecule has 1 aromatic heterocycles. The highest BCUT2D eigenvalue weighted by Gasteiger charge is 2.23. The van der Waals surface area contributed by atoms with Crippen molar-refractivity contribution >= 4 is 11.6 Å². The second-order valence-corrected chi connectivity index (χ2v) is 5.59. The first-order valence-electron chi connectivity index (χ1n) is 7.53. The molecule has 0 radical (unpaired) electrons. The first-order valence-corrected chi connectivity index (χ1v) is 7.53. The third-order valence-corrected chi connectivity index (χ3v) is 4.07. The molecule has 0 fully saturated rings. The summed E-state index contributed by atoms with van der Waals surface area (Å²) in [6.07, 6.45) is 7.01. The largest absolute Gasteiger partial charge is 0.312 e. The summed E-state index contributed by atoms with van der Waals surface area (Å²) in [7, 11) is 0. The molecule has 0 aliphatic carbocycles. The molecule has 0 unspecified atom stereocenters. The number of nitrogens with zero attached hydrogens (tertiary/aromatic N) is 2. The highest BCUT2D eigenvalue weighted by molar-refractivity contribution is 5.95. The van der Waals surface area contributed by atoms with Crippen LogP contribution < -0.4 is 4.90 Å². The van der Waals surface area contributed by atoms with Gasteiger partial charge in [-0.05, 0) is 48.9 Å². The molecule has 2 aromatic rings. The van der Waals surface area contributed by atoms with Gasteiger partial charge in [-0.25, -0.2) is 0 Å². The number of carbonyl (C=O) groups is 1. The van der Waals surface area contributed by atoms with E-state index in [9.17, 15) is 4.79 Å². The summed E-state index contributed by atoms with van der Waals surface area (Å²) in [5.74, 6) is 0.217. The maximum absolute atomic E-state index is 12.6. The van der Waals surface area contributed by atoms with E-state index in [2.05, 4.69) is 30.1 Å². The van der Waals surface area contributed by atoms with Crippen molar-refractivity contribution in [2.75, 3.05) is 11.4 Å². The number of pyridine rings is 1. The number of rotatable bonds is 3. The Morgan fingerprint density at radius 2 is 2.19 bits per heavy atom. The molecular formula is C18H20N2O. The van der Waals surface area contributed by atoms with Crippen LogP contribution in [0.3, 0.4) is 0 Å². The molecule has 0 saturated heterocycles. The van der Waals surface area contributed by atoms with Gasteiger partial charge in [0.15, 0.2) is 0 Å². The molecule has 0 atom stereocenters. The van der Waals surface area contributed by atoms with Gasteiger partial charge in [0.05, 0.1) is 0 Å². The Morgan fingerprint density at radius 3 is 3.00 bits per heavy atom. The lowest BCUT2D eigenvalue weighted by Crippen LogP contribution is -2.36. The zero-order valence-corrected chi connectivity index (χ0v) is 12.4. The fourth-order valence-corrected chi connectivity index (χ4v) is 3.03. The number of aryl methyl sites for hydroxylation is 3. The van der Waals surface area contributed by atoms with Crippen molar-refractivity contribution in [1.29, 1.82) is 0 Å². The average Bonchev–Trinajstić information content (AvgIpc) is 2.53. The lowest BCUT2D eigenvalue weighted by molar-refractivity contribution is -0.118. The molecular weight excluding hydrogens is 260 g/mol.